The molecule has 2 aliphatic carbocycles. The highest BCUT2D eigenvalue weighted by molar-refractivity contribution is 4.82. The molecule has 0 amide bonds. The first-order chi connectivity index (χ1) is 7.31. The lowest BCUT2D eigenvalue weighted by Crippen LogP contribution is -2.34. The fourth-order valence-electron chi connectivity index (χ4n) is 3.16. The van der Waals surface area contributed by atoms with Crippen LogP contribution < -0.4 is 5.73 Å². The van der Waals surface area contributed by atoms with Crippen molar-refractivity contribution in [2.24, 2.45) is 17.6 Å². The molecule has 0 spiro atoms. The predicted molar refractivity (Wildman–Crippen MR) is 62.7 cm³/mol. The maximum absolute atomic E-state index is 6.29. The van der Waals surface area contributed by atoms with Crippen LogP contribution in [0.3, 0.4) is 0 Å². The van der Waals surface area contributed by atoms with E-state index in [0.717, 1.165) is 12.5 Å². The van der Waals surface area contributed by atoms with Gasteiger partial charge in [0.15, 0.2) is 0 Å². The second kappa shape index (κ2) is 5.31. The first-order valence-electron chi connectivity index (χ1n) is 6.66. The minimum atomic E-state index is 0.473. The molecule has 2 rings (SSSR count). The maximum atomic E-state index is 6.29. The lowest BCUT2D eigenvalue weighted by molar-refractivity contribution is -0.0684. The summed E-state index contributed by atoms with van der Waals surface area (Å²) >= 11 is 0. The van der Waals surface area contributed by atoms with Crippen molar-refractivity contribution in [2.75, 3.05) is 6.54 Å². The molecule has 15 heavy (non-hydrogen) atoms. The Labute approximate surface area is 93.6 Å². The van der Waals surface area contributed by atoms with E-state index < -0.39 is 0 Å². The summed E-state index contributed by atoms with van der Waals surface area (Å²) in [4.78, 5) is 0. The summed E-state index contributed by atoms with van der Waals surface area (Å²) in [6.07, 6.45) is 10.2. The molecule has 2 aliphatic rings. The third-order valence-electron chi connectivity index (χ3n) is 4.27. The van der Waals surface area contributed by atoms with Gasteiger partial charge < -0.3 is 10.5 Å². The van der Waals surface area contributed by atoms with Crippen LogP contribution in [0.25, 0.3) is 0 Å². The summed E-state index contributed by atoms with van der Waals surface area (Å²) in [5.74, 6) is 1.40. The van der Waals surface area contributed by atoms with Crippen molar-refractivity contribution in [1.82, 2.24) is 0 Å². The van der Waals surface area contributed by atoms with Crippen LogP contribution in [0.15, 0.2) is 0 Å². The maximum Gasteiger partial charge on any atom is 0.0619 e. The molecule has 0 radical (unpaired) electrons. The van der Waals surface area contributed by atoms with Crippen LogP contribution >= 0.6 is 0 Å². The summed E-state index contributed by atoms with van der Waals surface area (Å²) in [5.41, 5.74) is 5.78. The topological polar surface area (TPSA) is 35.2 Å². The average Bonchev–Trinajstić information content (AvgIpc) is 2.69. The van der Waals surface area contributed by atoms with Crippen LogP contribution in [0, 0.1) is 11.8 Å². The minimum absolute atomic E-state index is 0.473. The molecule has 2 heteroatoms. The van der Waals surface area contributed by atoms with Crippen molar-refractivity contribution >= 4 is 0 Å². The molecule has 0 aromatic heterocycles. The van der Waals surface area contributed by atoms with Gasteiger partial charge in [0.1, 0.15) is 0 Å². The van der Waals surface area contributed by atoms with E-state index in [-0.39, 0.29) is 0 Å². The zero-order valence-corrected chi connectivity index (χ0v) is 9.95. The summed E-state index contributed by atoms with van der Waals surface area (Å²) < 4.78 is 6.29. The first kappa shape index (κ1) is 11.4. The molecule has 4 atom stereocenters. The quantitative estimate of drug-likeness (QED) is 0.779. The van der Waals surface area contributed by atoms with Crippen LogP contribution in [0.2, 0.25) is 0 Å². The lowest BCUT2D eigenvalue weighted by atomic mass is 9.87. The van der Waals surface area contributed by atoms with Gasteiger partial charge in [-0.3, -0.25) is 0 Å². The van der Waals surface area contributed by atoms with Gasteiger partial charge >= 0.3 is 0 Å². The summed E-state index contributed by atoms with van der Waals surface area (Å²) in [5, 5.41) is 0. The Morgan fingerprint density at radius 1 is 1.00 bits per heavy atom. The molecule has 0 bridgehead atoms. The molecule has 0 aromatic rings. The zero-order valence-electron chi connectivity index (χ0n) is 9.95. The Hall–Kier alpha value is -0.0800. The smallest absolute Gasteiger partial charge is 0.0619 e. The van der Waals surface area contributed by atoms with Crippen molar-refractivity contribution in [3.8, 4) is 0 Å². The molecular formula is C13H25NO. The molecular weight excluding hydrogens is 186 g/mol. The van der Waals surface area contributed by atoms with Gasteiger partial charge in [-0.2, -0.15) is 0 Å². The molecule has 0 heterocycles. The van der Waals surface area contributed by atoms with E-state index in [4.69, 9.17) is 10.5 Å². The van der Waals surface area contributed by atoms with E-state index in [1.54, 1.807) is 0 Å². The van der Waals surface area contributed by atoms with Crippen molar-refractivity contribution in [3.63, 3.8) is 0 Å². The standard InChI is InChI=1S/C13H25NO/c1-10-5-2-3-7-12(10)15-13-8-4-6-11(13)9-14/h10-13H,2-9,14H2,1H3. The molecule has 0 aromatic carbocycles. The van der Waals surface area contributed by atoms with E-state index in [1.165, 1.54) is 44.9 Å². The van der Waals surface area contributed by atoms with Crippen molar-refractivity contribution in [3.05, 3.63) is 0 Å². The van der Waals surface area contributed by atoms with Gasteiger partial charge in [-0.15, -0.1) is 0 Å². The van der Waals surface area contributed by atoms with Crippen molar-refractivity contribution < 1.29 is 4.74 Å². The molecule has 0 aliphatic heterocycles. The number of hydrogen-bond acceptors (Lipinski definition) is 2. The Kier molecular flexibility index (Phi) is 4.04. The van der Waals surface area contributed by atoms with Crippen LogP contribution in [-0.4, -0.2) is 18.8 Å². The normalized spacial score (nSPS) is 42.0. The molecule has 0 saturated heterocycles. The molecule has 2 saturated carbocycles. The Morgan fingerprint density at radius 3 is 2.47 bits per heavy atom. The van der Waals surface area contributed by atoms with Crippen molar-refractivity contribution in [1.29, 1.82) is 0 Å². The second-order valence-electron chi connectivity index (χ2n) is 5.40. The third-order valence-corrected chi connectivity index (χ3v) is 4.27. The highest BCUT2D eigenvalue weighted by atomic mass is 16.5. The highest BCUT2D eigenvalue weighted by Crippen LogP contribution is 2.33. The Bertz CT molecular complexity index is 195. The van der Waals surface area contributed by atoms with Gasteiger partial charge in [0.2, 0.25) is 0 Å². The van der Waals surface area contributed by atoms with E-state index in [2.05, 4.69) is 6.92 Å². The van der Waals surface area contributed by atoms with E-state index >= 15 is 0 Å². The number of rotatable bonds is 3. The SMILES string of the molecule is CC1CCCCC1OC1CCCC1CN. The van der Waals surface area contributed by atoms with Crippen LogP contribution in [-0.2, 0) is 4.74 Å². The number of nitrogens with two attached hydrogens (primary N) is 1. The van der Waals surface area contributed by atoms with Gasteiger partial charge in [-0.05, 0) is 44.1 Å². The second-order valence-corrected chi connectivity index (χ2v) is 5.40. The molecule has 88 valence electrons. The van der Waals surface area contributed by atoms with Gasteiger partial charge in [-0.1, -0.05) is 26.2 Å². The van der Waals surface area contributed by atoms with Gasteiger partial charge in [0, 0.05) is 0 Å². The monoisotopic (exact) mass is 211 g/mol. The predicted octanol–water partition coefficient (Wildman–Crippen LogP) is 2.71. The molecule has 2 nitrogen and oxygen atoms in total. The highest BCUT2D eigenvalue weighted by Gasteiger charge is 2.31. The summed E-state index contributed by atoms with van der Waals surface area (Å²) in [6, 6.07) is 0. The number of hydrogen-bond donors (Lipinski definition) is 1. The largest absolute Gasteiger partial charge is 0.374 e. The first-order valence-corrected chi connectivity index (χ1v) is 6.66. The fourth-order valence-corrected chi connectivity index (χ4v) is 3.16. The van der Waals surface area contributed by atoms with E-state index in [0.29, 0.717) is 18.1 Å². The molecule has 2 fully saturated rings. The molecule has 4 unspecified atom stereocenters. The summed E-state index contributed by atoms with van der Waals surface area (Å²) in [6.45, 7) is 3.15. The summed E-state index contributed by atoms with van der Waals surface area (Å²) in [7, 11) is 0. The molecule has 2 N–H and O–H groups in total. The van der Waals surface area contributed by atoms with Crippen molar-refractivity contribution in [2.45, 2.75) is 64.1 Å². The average molecular weight is 211 g/mol. The zero-order chi connectivity index (χ0) is 10.7. The van der Waals surface area contributed by atoms with E-state index in [9.17, 15) is 0 Å². The van der Waals surface area contributed by atoms with Gasteiger partial charge in [0.25, 0.3) is 0 Å². The number of ether oxygens (including phenoxy) is 1. The van der Waals surface area contributed by atoms with Crippen LogP contribution in [0.5, 0.6) is 0 Å². The lowest BCUT2D eigenvalue weighted by Gasteiger charge is -2.33. The fraction of sp³-hybridized carbons (Fsp3) is 1.00. The third kappa shape index (κ3) is 2.73. The van der Waals surface area contributed by atoms with Crippen LogP contribution in [0.4, 0.5) is 0 Å². The Balaban J connectivity index is 1.84. The van der Waals surface area contributed by atoms with Crippen LogP contribution in [0.1, 0.15) is 51.9 Å². The van der Waals surface area contributed by atoms with Gasteiger partial charge in [-0.25, -0.2) is 0 Å². The minimum Gasteiger partial charge on any atom is -0.374 e. The van der Waals surface area contributed by atoms with E-state index in [1.807, 2.05) is 0 Å². The Morgan fingerprint density at radius 2 is 1.73 bits per heavy atom. The van der Waals surface area contributed by atoms with Gasteiger partial charge in [0.05, 0.1) is 12.2 Å².